The first kappa shape index (κ1) is 17.2. The lowest BCUT2D eigenvalue weighted by Crippen LogP contribution is -2.47. The first-order chi connectivity index (χ1) is 12.3. The highest BCUT2D eigenvalue weighted by Gasteiger charge is 2.32. The van der Waals surface area contributed by atoms with Crippen LogP contribution < -0.4 is 10.1 Å². The molecule has 136 valence electrons. The van der Waals surface area contributed by atoms with E-state index in [0.717, 1.165) is 36.2 Å². The van der Waals surface area contributed by atoms with Crippen molar-refractivity contribution in [3.8, 4) is 5.75 Å². The largest absolute Gasteiger partial charge is 0.479 e. The molecule has 0 spiro atoms. The monoisotopic (exact) mass is 360 g/mol. The first-order valence-corrected chi connectivity index (χ1v) is 10.7. The predicted octanol–water partition coefficient (Wildman–Crippen LogP) is 3.45. The number of ether oxygens (including phenoxy) is 1. The molecule has 1 amide bonds. The summed E-state index contributed by atoms with van der Waals surface area (Å²) in [6.07, 6.45) is 8.88. The van der Waals surface area contributed by atoms with Crippen molar-refractivity contribution >= 4 is 17.7 Å². The van der Waals surface area contributed by atoms with Crippen LogP contribution in [0.1, 0.15) is 44.9 Å². The number of nitrogens with one attached hydrogen (secondary N) is 1. The van der Waals surface area contributed by atoms with Gasteiger partial charge in [-0.3, -0.25) is 9.69 Å². The van der Waals surface area contributed by atoms with Gasteiger partial charge in [0.1, 0.15) is 5.75 Å². The second-order valence-corrected chi connectivity index (χ2v) is 8.56. The smallest absolute Gasteiger partial charge is 0.262 e. The minimum Gasteiger partial charge on any atom is -0.479 e. The maximum Gasteiger partial charge on any atom is 0.262 e. The fraction of sp³-hybridized carbons (Fsp3) is 0.650. The van der Waals surface area contributed by atoms with Gasteiger partial charge in [-0.2, -0.15) is 0 Å². The van der Waals surface area contributed by atoms with E-state index in [0.29, 0.717) is 5.75 Å². The van der Waals surface area contributed by atoms with E-state index < -0.39 is 0 Å². The Hall–Kier alpha value is -1.20. The van der Waals surface area contributed by atoms with Gasteiger partial charge in [-0.15, -0.1) is 11.8 Å². The number of fused-ring (bicyclic) bond motifs is 1. The molecule has 4 rings (SSSR count). The standard InChI is InChI=1S/C20H28N2O2S/c23-20(18-14-25-19-10-6-5-9-17(19)24-18)21-15-11-12-22(13-15)16-7-3-1-2-4-8-16/h5-6,9-10,15-16,18H,1-4,7-8,11-14H2,(H,21,23)/t15-,18-/m0/s1. The maximum absolute atomic E-state index is 12.6. The molecular formula is C20H28N2O2S. The van der Waals surface area contributed by atoms with E-state index in [1.54, 1.807) is 11.8 Å². The zero-order chi connectivity index (χ0) is 17.1. The molecule has 1 aliphatic carbocycles. The van der Waals surface area contributed by atoms with Crippen LogP contribution in [0.3, 0.4) is 0 Å². The fourth-order valence-corrected chi connectivity index (χ4v) is 5.29. The fourth-order valence-electron chi connectivity index (χ4n) is 4.30. The van der Waals surface area contributed by atoms with Gasteiger partial charge in [-0.05, 0) is 31.4 Å². The SMILES string of the molecule is O=C(N[C@H]1CCN(C2CCCCCC2)C1)[C@@H]1CSc2ccccc2O1. The second kappa shape index (κ2) is 8.00. The summed E-state index contributed by atoms with van der Waals surface area (Å²) in [6.45, 7) is 2.13. The van der Waals surface area contributed by atoms with Crippen LogP contribution in [0.25, 0.3) is 0 Å². The number of thioether (sulfide) groups is 1. The van der Waals surface area contributed by atoms with Crippen LogP contribution in [-0.2, 0) is 4.79 Å². The molecular weight excluding hydrogens is 332 g/mol. The molecule has 25 heavy (non-hydrogen) atoms. The Bertz CT molecular complexity index is 601. The summed E-state index contributed by atoms with van der Waals surface area (Å²) >= 11 is 1.71. The normalized spacial score (nSPS) is 28.0. The van der Waals surface area contributed by atoms with Crippen LogP contribution in [0, 0.1) is 0 Å². The molecule has 5 heteroatoms. The Morgan fingerprint density at radius 1 is 1.12 bits per heavy atom. The summed E-state index contributed by atoms with van der Waals surface area (Å²) in [6, 6.07) is 8.98. The van der Waals surface area contributed by atoms with E-state index >= 15 is 0 Å². The first-order valence-electron chi connectivity index (χ1n) is 9.72. The van der Waals surface area contributed by atoms with Crippen LogP contribution in [-0.4, -0.2) is 47.8 Å². The van der Waals surface area contributed by atoms with E-state index in [1.165, 1.54) is 38.5 Å². The van der Waals surface area contributed by atoms with E-state index in [2.05, 4.69) is 16.3 Å². The van der Waals surface area contributed by atoms with Crippen LogP contribution in [0.4, 0.5) is 0 Å². The highest BCUT2D eigenvalue weighted by molar-refractivity contribution is 7.99. The van der Waals surface area contributed by atoms with Crippen molar-refractivity contribution in [1.82, 2.24) is 10.2 Å². The molecule has 1 saturated carbocycles. The summed E-state index contributed by atoms with van der Waals surface area (Å²) in [4.78, 5) is 16.4. The lowest BCUT2D eigenvalue weighted by atomic mass is 10.1. The maximum atomic E-state index is 12.6. The van der Waals surface area contributed by atoms with Gasteiger partial charge in [-0.1, -0.05) is 37.8 Å². The van der Waals surface area contributed by atoms with Gasteiger partial charge in [0.2, 0.25) is 0 Å². The van der Waals surface area contributed by atoms with E-state index in [-0.39, 0.29) is 18.1 Å². The zero-order valence-corrected chi connectivity index (χ0v) is 15.6. The average molecular weight is 361 g/mol. The van der Waals surface area contributed by atoms with Gasteiger partial charge in [0.15, 0.2) is 6.10 Å². The third kappa shape index (κ3) is 4.14. The predicted molar refractivity (Wildman–Crippen MR) is 101 cm³/mol. The molecule has 0 bridgehead atoms. The number of nitrogens with zero attached hydrogens (tertiary/aromatic N) is 1. The van der Waals surface area contributed by atoms with Gasteiger partial charge in [0.25, 0.3) is 5.91 Å². The van der Waals surface area contributed by atoms with E-state index in [4.69, 9.17) is 4.74 Å². The average Bonchev–Trinajstić information content (AvgIpc) is 2.93. The van der Waals surface area contributed by atoms with Crippen molar-refractivity contribution in [2.45, 2.75) is 68.0 Å². The molecule has 4 nitrogen and oxygen atoms in total. The summed E-state index contributed by atoms with van der Waals surface area (Å²) < 4.78 is 5.92. The van der Waals surface area contributed by atoms with Gasteiger partial charge >= 0.3 is 0 Å². The number of carbonyl (C=O) groups excluding carboxylic acids is 1. The Morgan fingerprint density at radius 2 is 1.92 bits per heavy atom. The number of benzene rings is 1. The molecule has 0 aromatic heterocycles. The number of hydrogen-bond donors (Lipinski definition) is 1. The second-order valence-electron chi connectivity index (χ2n) is 7.50. The third-order valence-electron chi connectivity index (χ3n) is 5.71. The van der Waals surface area contributed by atoms with Crippen molar-refractivity contribution < 1.29 is 9.53 Å². The van der Waals surface area contributed by atoms with Crippen LogP contribution >= 0.6 is 11.8 Å². The lowest BCUT2D eigenvalue weighted by Gasteiger charge is -2.28. The number of amides is 1. The summed E-state index contributed by atoms with van der Waals surface area (Å²) in [5, 5.41) is 3.25. The van der Waals surface area contributed by atoms with Crippen LogP contribution in [0.2, 0.25) is 0 Å². The quantitative estimate of drug-likeness (QED) is 0.839. The summed E-state index contributed by atoms with van der Waals surface area (Å²) in [5.41, 5.74) is 0. The molecule has 0 radical (unpaired) electrons. The molecule has 2 atom stereocenters. The minimum atomic E-state index is -0.369. The highest BCUT2D eigenvalue weighted by atomic mass is 32.2. The van der Waals surface area contributed by atoms with Gasteiger partial charge in [0.05, 0.1) is 0 Å². The third-order valence-corrected chi connectivity index (χ3v) is 6.83. The van der Waals surface area contributed by atoms with Crippen molar-refractivity contribution in [2.24, 2.45) is 0 Å². The van der Waals surface area contributed by atoms with Gasteiger partial charge in [-0.25, -0.2) is 0 Å². The van der Waals surface area contributed by atoms with Crippen molar-refractivity contribution in [1.29, 1.82) is 0 Å². The molecule has 1 aromatic carbocycles. The van der Waals surface area contributed by atoms with Crippen molar-refractivity contribution in [3.05, 3.63) is 24.3 Å². The molecule has 1 N–H and O–H groups in total. The zero-order valence-electron chi connectivity index (χ0n) is 14.8. The Morgan fingerprint density at radius 3 is 2.76 bits per heavy atom. The molecule has 2 heterocycles. The molecule has 0 unspecified atom stereocenters. The molecule has 1 saturated heterocycles. The summed E-state index contributed by atoms with van der Waals surface area (Å²) in [5.74, 6) is 1.59. The number of rotatable bonds is 3. The van der Waals surface area contributed by atoms with Gasteiger partial charge in [0, 0.05) is 35.8 Å². The van der Waals surface area contributed by atoms with Crippen LogP contribution in [0.5, 0.6) is 5.75 Å². The van der Waals surface area contributed by atoms with Crippen molar-refractivity contribution in [3.63, 3.8) is 0 Å². The lowest BCUT2D eigenvalue weighted by molar-refractivity contribution is -0.127. The van der Waals surface area contributed by atoms with Crippen molar-refractivity contribution in [2.75, 3.05) is 18.8 Å². The molecule has 1 aromatic rings. The Balaban J connectivity index is 1.29. The van der Waals surface area contributed by atoms with E-state index in [9.17, 15) is 4.79 Å². The number of carbonyl (C=O) groups is 1. The van der Waals surface area contributed by atoms with Gasteiger partial charge < -0.3 is 10.1 Å². The number of para-hydroxylation sites is 1. The van der Waals surface area contributed by atoms with E-state index in [1.807, 2.05) is 18.2 Å². The highest BCUT2D eigenvalue weighted by Crippen LogP contribution is 2.35. The Labute approximate surface area is 154 Å². The minimum absolute atomic E-state index is 0.0507. The van der Waals surface area contributed by atoms with Crippen LogP contribution in [0.15, 0.2) is 29.2 Å². The number of hydrogen-bond acceptors (Lipinski definition) is 4. The molecule has 3 aliphatic rings. The molecule has 2 fully saturated rings. The molecule has 2 aliphatic heterocycles. The summed E-state index contributed by atoms with van der Waals surface area (Å²) in [7, 11) is 0. The Kier molecular flexibility index (Phi) is 5.51. The number of likely N-dealkylation sites (tertiary alicyclic amines) is 1. The topological polar surface area (TPSA) is 41.6 Å².